The molecule has 2 aromatic heterocycles. The lowest BCUT2D eigenvalue weighted by Crippen LogP contribution is -2.05. The number of hydrogen-bond acceptors (Lipinski definition) is 5. The summed E-state index contributed by atoms with van der Waals surface area (Å²) in [4.78, 5) is 31.6. The van der Waals surface area contributed by atoms with Crippen molar-refractivity contribution in [3.05, 3.63) is 52.8 Å². The number of benzene rings is 1. The number of nitrogens with one attached hydrogen (secondary N) is 2. The van der Waals surface area contributed by atoms with Gasteiger partial charge in [-0.1, -0.05) is 42.1 Å². The molecule has 1 aromatic carbocycles. The van der Waals surface area contributed by atoms with Gasteiger partial charge >= 0.3 is 0 Å². The van der Waals surface area contributed by atoms with E-state index in [-0.39, 0.29) is 17.3 Å². The minimum Gasteiger partial charge on any atom is -0.355 e. The van der Waals surface area contributed by atoms with Gasteiger partial charge in [0.1, 0.15) is 0 Å². The molecule has 2 heterocycles. The van der Waals surface area contributed by atoms with Crippen LogP contribution in [0.25, 0.3) is 11.4 Å². The summed E-state index contributed by atoms with van der Waals surface area (Å²) in [5, 5.41) is 7.54. The fraction of sp³-hybridized carbons (Fsp3) is 0.222. The third-order valence-corrected chi connectivity index (χ3v) is 4.76. The zero-order chi connectivity index (χ0) is 18.0. The van der Waals surface area contributed by atoms with E-state index in [1.54, 1.807) is 13.8 Å². The molecule has 0 aliphatic rings. The summed E-state index contributed by atoms with van der Waals surface area (Å²) in [5.41, 5.74) is 3.44. The minimum absolute atomic E-state index is 0.0422. The molecule has 0 unspecified atom stereocenters. The second kappa shape index (κ2) is 7.06. The first-order valence-electron chi connectivity index (χ1n) is 7.81. The molecule has 3 aromatic rings. The van der Waals surface area contributed by atoms with Gasteiger partial charge in [0.25, 0.3) is 0 Å². The van der Waals surface area contributed by atoms with Crippen molar-refractivity contribution >= 4 is 23.3 Å². The van der Waals surface area contributed by atoms with Crippen molar-refractivity contribution in [3.8, 4) is 11.4 Å². The lowest BCUT2D eigenvalue weighted by molar-refractivity contribution is 0.101. The Kier molecular flexibility index (Phi) is 4.85. The standard InChI is InChI=1S/C18H18N4O2S/c1-10-15(12(3)23)11(2)19-16(10)14(24)9-25-18-20-17(21-22-18)13-7-5-4-6-8-13/h4-8,19H,9H2,1-3H3,(H,20,21,22). The molecule has 0 aliphatic carbocycles. The van der Waals surface area contributed by atoms with E-state index >= 15 is 0 Å². The molecular formula is C18H18N4O2S. The van der Waals surface area contributed by atoms with E-state index < -0.39 is 0 Å². The van der Waals surface area contributed by atoms with Gasteiger partial charge in [-0.3, -0.25) is 14.7 Å². The summed E-state index contributed by atoms with van der Waals surface area (Å²) >= 11 is 1.26. The predicted molar refractivity (Wildman–Crippen MR) is 97.1 cm³/mol. The van der Waals surface area contributed by atoms with E-state index in [2.05, 4.69) is 20.2 Å². The molecule has 0 spiro atoms. The Balaban J connectivity index is 1.70. The Labute approximate surface area is 149 Å². The zero-order valence-corrected chi connectivity index (χ0v) is 15.0. The van der Waals surface area contributed by atoms with Crippen LogP contribution in [0, 0.1) is 13.8 Å². The molecule has 128 valence electrons. The minimum atomic E-state index is -0.0795. The van der Waals surface area contributed by atoms with Gasteiger partial charge in [-0.25, -0.2) is 4.98 Å². The first-order chi connectivity index (χ1) is 12.0. The fourth-order valence-electron chi connectivity index (χ4n) is 2.80. The van der Waals surface area contributed by atoms with Gasteiger partial charge in [0.05, 0.1) is 11.4 Å². The number of aryl methyl sites for hydroxylation is 1. The van der Waals surface area contributed by atoms with Crippen LogP contribution in [0.4, 0.5) is 0 Å². The van der Waals surface area contributed by atoms with Gasteiger partial charge < -0.3 is 4.98 Å². The molecule has 25 heavy (non-hydrogen) atoms. The first kappa shape index (κ1) is 17.2. The van der Waals surface area contributed by atoms with E-state index in [1.165, 1.54) is 18.7 Å². The maximum absolute atomic E-state index is 12.5. The maximum atomic E-state index is 12.5. The lowest BCUT2D eigenvalue weighted by Gasteiger charge is -1.99. The number of aromatic amines is 2. The van der Waals surface area contributed by atoms with Gasteiger partial charge in [0.15, 0.2) is 17.4 Å². The molecule has 0 bridgehead atoms. The Hall–Kier alpha value is -2.67. The number of carbonyl (C=O) groups is 2. The summed E-state index contributed by atoms with van der Waals surface area (Å²) in [7, 11) is 0. The Bertz CT molecular complexity index is 928. The number of ketones is 2. The first-order valence-corrected chi connectivity index (χ1v) is 8.80. The number of Topliss-reactive ketones (excluding diaryl/α,β-unsaturated/α-hetero) is 2. The molecule has 0 aliphatic heterocycles. The molecular weight excluding hydrogens is 336 g/mol. The molecule has 0 amide bonds. The lowest BCUT2D eigenvalue weighted by atomic mass is 10.1. The van der Waals surface area contributed by atoms with Crippen LogP contribution < -0.4 is 0 Å². The van der Waals surface area contributed by atoms with Crippen molar-refractivity contribution in [1.29, 1.82) is 0 Å². The highest BCUT2D eigenvalue weighted by Crippen LogP contribution is 2.23. The van der Waals surface area contributed by atoms with E-state index in [4.69, 9.17) is 0 Å². The molecule has 3 rings (SSSR count). The number of thioether (sulfide) groups is 1. The molecule has 6 nitrogen and oxygen atoms in total. The second-order valence-corrected chi connectivity index (χ2v) is 6.67. The van der Waals surface area contributed by atoms with Gasteiger partial charge in [-0.15, -0.1) is 5.10 Å². The SMILES string of the molecule is CC(=O)c1c(C)[nH]c(C(=O)CSc2n[nH]c(-c3ccccc3)n2)c1C. The van der Waals surface area contributed by atoms with Crippen molar-refractivity contribution in [3.63, 3.8) is 0 Å². The van der Waals surface area contributed by atoms with Crippen LogP contribution in [0.2, 0.25) is 0 Å². The maximum Gasteiger partial charge on any atom is 0.209 e. The Morgan fingerprint density at radius 3 is 2.52 bits per heavy atom. The summed E-state index contributed by atoms with van der Waals surface area (Å²) in [6.45, 7) is 5.10. The smallest absolute Gasteiger partial charge is 0.209 e. The summed E-state index contributed by atoms with van der Waals surface area (Å²) in [6, 6.07) is 9.67. The highest BCUT2D eigenvalue weighted by Gasteiger charge is 2.20. The molecule has 2 N–H and O–H groups in total. The summed E-state index contributed by atoms with van der Waals surface area (Å²) in [6.07, 6.45) is 0. The molecule has 7 heteroatoms. The van der Waals surface area contributed by atoms with Crippen molar-refractivity contribution in [1.82, 2.24) is 20.2 Å². The molecule has 0 atom stereocenters. The van der Waals surface area contributed by atoms with Crippen molar-refractivity contribution in [2.75, 3.05) is 5.75 Å². The van der Waals surface area contributed by atoms with Crippen molar-refractivity contribution < 1.29 is 9.59 Å². The van der Waals surface area contributed by atoms with Gasteiger partial charge in [-0.05, 0) is 26.3 Å². The monoisotopic (exact) mass is 354 g/mol. The molecule has 0 fully saturated rings. The van der Waals surface area contributed by atoms with Crippen LogP contribution in [-0.4, -0.2) is 37.5 Å². The number of aromatic nitrogens is 4. The van der Waals surface area contributed by atoms with Crippen LogP contribution in [0.15, 0.2) is 35.5 Å². The normalized spacial score (nSPS) is 10.8. The number of rotatable bonds is 6. The van der Waals surface area contributed by atoms with Crippen LogP contribution in [0.5, 0.6) is 0 Å². The Morgan fingerprint density at radius 1 is 1.16 bits per heavy atom. The highest BCUT2D eigenvalue weighted by molar-refractivity contribution is 7.99. The zero-order valence-electron chi connectivity index (χ0n) is 14.2. The highest BCUT2D eigenvalue weighted by atomic mass is 32.2. The van der Waals surface area contributed by atoms with Crippen LogP contribution in [0.3, 0.4) is 0 Å². The third-order valence-electron chi connectivity index (χ3n) is 3.91. The third kappa shape index (κ3) is 3.56. The average Bonchev–Trinajstić information content (AvgIpc) is 3.18. The Morgan fingerprint density at radius 2 is 1.88 bits per heavy atom. The fourth-order valence-corrected chi connectivity index (χ4v) is 3.47. The summed E-state index contributed by atoms with van der Waals surface area (Å²) < 4.78 is 0. The van der Waals surface area contributed by atoms with Gasteiger partial charge in [0, 0.05) is 16.8 Å². The second-order valence-electron chi connectivity index (χ2n) is 5.73. The van der Waals surface area contributed by atoms with Crippen LogP contribution >= 0.6 is 11.8 Å². The van der Waals surface area contributed by atoms with Crippen LogP contribution in [0.1, 0.15) is 39.0 Å². The van der Waals surface area contributed by atoms with E-state index in [1.807, 2.05) is 30.3 Å². The number of hydrogen-bond donors (Lipinski definition) is 2. The summed E-state index contributed by atoms with van der Waals surface area (Å²) in [5.74, 6) is 0.745. The van der Waals surface area contributed by atoms with Crippen molar-refractivity contribution in [2.45, 2.75) is 25.9 Å². The molecule has 0 saturated carbocycles. The number of carbonyl (C=O) groups excluding carboxylic acids is 2. The van der Waals surface area contributed by atoms with Gasteiger partial charge in [0.2, 0.25) is 5.16 Å². The van der Waals surface area contributed by atoms with Gasteiger partial charge in [-0.2, -0.15) is 0 Å². The average molecular weight is 354 g/mol. The predicted octanol–water partition coefficient (Wildman–Crippen LogP) is 3.59. The molecule has 0 radical (unpaired) electrons. The van der Waals surface area contributed by atoms with Crippen molar-refractivity contribution in [2.24, 2.45) is 0 Å². The van der Waals surface area contributed by atoms with E-state index in [0.29, 0.717) is 27.8 Å². The van der Waals surface area contributed by atoms with E-state index in [0.717, 1.165) is 11.3 Å². The quantitative estimate of drug-likeness (QED) is 0.521. The van der Waals surface area contributed by atoms with Crippen LogP contribution in [-0.2, 0) is 0 Å². The van der Waals surface area contributed by atoms with E-state index in [9.17, 15) is 9.59 Å². The largest absolute Gasteiger partial charge is 0.355 e. The number of H-pyrrole nitrogens is 2. The molecule has 0 saturated heterocycles. The number of nitrogens with zero attached hydrogens (tertiary/aromatic N) is 2. The topological polar surface area (TPSA) is 91.5 Å².